The van der Waals surface area contributed by atoms with Gasteiger partial charge in [0.15, 0.2) is 0 Å². The van der Waals surface area contributed by atoms with Crippen molar-refractivity contribution in [1.29, 1.82) is 5.26 Å². The largest absolute Gasteiger partial charge is 0.319 e. The third kappa shape index (κ3) is 2.75. The molecule has 1 aromatic rings. The van der Waals surface area contributed by atoms with Crippen LogP contribution in [0.1, 0.15) is 6.42 Å². The summed E-state index contributed by atoms with van der Waals surface area (Å²) in [4.78, 5) is 20.8. The molecule has 0 fully saturated rings. The zero-order valence-corrected chi connectivity index (χ0v) is 7.94. The lowest BCUT2D eigenvalue weighted by molar-refractivity contribution is -0.384. The van der Waals surface area contributed by atoms with Crippen molar-refractivity contribution in [2.75, 3.05) is 5.32 Å². The van der Waals surface area contributed by atoms with Crippen LogP contribution >= 0.6 is 0 Å². The number of nitriles is 1. The zero-order valence-electron chi connectivity index (χ0n) is 7.94. The van der Waals surface area contributed by atoms with Gasteiger partial charge in [0.05, 0.1) is 11.0 Å². The molecule has 0 saturated carbocycles. The van der Waals surface area contributed by atoms with Gasteiger partial charge in [0, 0.05) is 12.1 Å². The van der Waals surface area contributed by atoms with E-state index in [1.807, 2.05) is 0 Å². The van der Waals surface area contributed by atoms with Gasteiger partial charge in [-0.15, -0.1) is 0 Å². The predicted molar refractivity (Wildman–Crippen MR) is 51.9 cm³/mol. The summed E-state index contributed by atoms with van der Waals surface area (Å²) in [6.45, 7) is 0. The molecule has 0 aliphatic rings. The molecule has 0 spiro atoms. The number of nitro benzene ring substituents is 1. The van der Waals surface area contributed by atoms with Gasteiger partial charge in [0.2, 0.25) is 5.91 Å². The highest BCUT2D eigenvalue weighted by molar-refractivity contribution is 5.94. The van der Waals surface area contributed by atoms with Gasteiger partial charge in [-0.3, -0.25) is 14.9 Å². The summed E-state index contributed by atoms with van der Waals surface area (Å²) < 4.78 is 12.8. The van der Waals surface area contributed by atoms with Crippen LogP contribution in [0.3, 0.4) is 0 Å². The van der Waals surface area contributed by atoms with E-state index in [1.54, 1.807) is 6.07 Å². The molecule has 0 saturated heterocycles. The average molecular weight is 223 g/mol. The summed E-state index contributed by atoms with van der Waals surface area (Å²) in [5.41, 5.74) is -0.682. The Morgan fingerprint density at radius 3 is 2.88 bits per heavy atom. The monoisotopic (exact) mass is 223 g/mol. The molecule has 0 aliphatic heterocycles. The summed E-state index contributed by atoms with van der Waals surface area (Å²) >= 11 is 0. The lowest BCUT2D eigenvalue weighted by Crippen LogP contribution is -2.11. The number of nitrogens with one attached hydrogen (secondary N) is 1. The average Bonchev–Trinajstić information content (AvgIpc) is 2.17. The van der Waals surface area contributed by atoms with Crippen molar-refractivity contribution in [3.05, 3.63) is 34.1 Å². The summed E-state index contributed by atoms with van der Waals surface area (Å²) in [6.07, 6.45) is -0.451. The smallest absolute Gasteiger partial charge is 0.292 e. The summed E-state index contributed by atoms with van der Waals surface area (Å²) in [6, 6.07) is 4.26. The van der Waals surface area contributed by atoms with E-state index in [-0.39, 0.29) is 5.69 Å². The Morgan fingerprint density at radius 1 is 1.62 bits per heavy atom. The summed E-state index contributed by atoms with van der Waals surface area (Å²) in [5.74, 6) is -1.44. The fourth-order valence-corrected chi connectivity index (χ4v) is 1.03. The number of nitro groups is 1. The van der Waals surface area contributed by atoms with Crippen LogP contribution in [0.5, 0.6) is 0 Å². The Balaban J connectivity index is 3.02. The first-order valence-corrected chi connectivity index (χ1v) is 4.15. The van der Waals surface area contributed by atoms with E-state index in [0.29, 0.717) is 0 Å². The minimum Gasteiger partial charge on any atom is -0.319 e. The molecule has 16 heavy (non-hydrogen) atoms. The number of hydrogen-bond donors (Lipinski definition) is 1. The lowest BCUT2D eigenvalue weighted by Gasteiger charge is -2.03. The molecule has 0 atom stereocenters. The Hall–Kier alpha value is -2.49. The summed E-state index contributed by atoms with van der Waals surface area (Å²) in [7, 11) is 0. The third-order valence-electron chi connectivity index (χ3n) is 1.67. The molecule has 7 heteroatoms. The SMILES string of the molecule is N#CCC(=O)Nc1cc(F)ccc1[N+](=O)[O-]. The van der Waals surface area contributed by atoms with Gasteiger partial charge in [0.1, 0.15) is 17.9 Å². The number of amides is 1. The van der Waals surface area contributed by atoms with Gasteiger partial charge >= 0.3 is 0 Å². The van der Waals surface area contributed by atoms with E-state index in [2.05, 4.69) is 5.32 Å². The number of benzene rings is 1. The van der Waals surface area contributed by atoms with Crippen LogP contribution in [-0.4, -0.2) is 10.8 Å². The molecule has 1 aromatic carbocycles. The maximum Gasteiger partial charge on any atom is 0.292 e. The van der Waals surface area contributed by atoms with Crippen LogP contribution in [0.4, 0.5) is 15.8 Å². The molecule has 0 heterocycles. The first-order valence-electron chi connectivity index (χ1n) is 4.15. The van der Waals surface area contributed by atoms with Crippen molar-refractivity contribution in [3.63, 3.8) is 0 Å². The molecule has 0 bridgehead atoms. The second-order valence-corrected chi connectivity index (χ2v) is 2.80. The van der Waals surface area contributed by atoms with Crippen LogP contribution < -0.4 is 5.32 Å². The van der Waals surface area contributed by atoms with E-state index < -0.39 is 28.8 Å². The van der Waals surface area contributed by atoms with Gasteiger partial charge in [-0.2, -0.15) is 5.26 Å². The Morgan fingerprint density at radius 2 is 2.31 bits per heavy atom. The van der Waals surface area contributed by atoms with Crippen molar-refractivity contribution in [2.45, 2.75) is 6.42 Å². The van der Waals surface area contributed by atoms with E-state index in [1.165, 1.54) is 0 Å². The predicted octanol–water partition coefficient (Wildman–Crippen LogP) is 1.59. The van der Waals surface area contributed by atoms with E-state index in [9.17, 15) is 19.3 Å². The van der Waals surface area contributed by atoms with Crippen molar-refractivity contribution in [3.8, 4) is 6.07 Å². The minimum absolute atomic E-state index is 0.259. The fraction of sp³-hybridized carbons (Fsp3) is 0.111. The minimum atomic E-state index is -0.749. The van der Waals surface area contributed by atoms with E-state index in [0.717, 1.165) is 18.2 Å². The van der Waals surface area contributed by atoms with Crippen molar-refractivity contribution in [2.24, 2.45) is 0 Å². The van der Waals surface area contributed by atoms with Crippen LogP contribution in [0.15, 0.2) is 18.2 Å². The van der Waals surface area contributed by atoms with E-state index in [4.69, 9.17) is 5.26 Å². The number of anilines is 1. The maximum atomic E-state index is 12.8. The molecular formula is C9H6FN3O3. The normalized spacial score (nSPS) is 9.25. The molecule has 1 rings (SSSR count). The van der Waals surface area contributed by atoms with Crippen LogP contribution in [0, 0.1) is 27.3 Å². The highest BCUT2D eigenvalue weighted by Gasteiger charge is 2.16. The van der Waals surface area contributed by atoms with Crippen LogP contribution in [0.2, 0.25) is 0 Å². The highest BCUT2D eigenvalue weighted by atomic mass is 19.1. The molecule has 0 aliphatic carbocycles. The second kappa shape index (κ2) is 4.84. The fourth-order valence-electron chi connectivity index (χ4n) is 1.03. The number of halogens is 1. The molecule has 0 radical (unpaired) electrons. The topological polar surface area (TPSA) is 96.0 Å². The number of nitrogens with zero attached hydrogens (tertiary/aromatic N) is 2. The molecule has 0 aromatic heterocycles. The van der Waals surface area contributed by atoms with Crippen molar-refractivity contribution >= 4 is 17.3 Å². The van der Waals surface area contributed by atoms with Crippen molar-refractivity contribution < 1.29 is 14.1 Å². The molecular weight excluding hydrogens is 217 g/mol. The standard InChI is InChI=1S/C9H6FN3O3/c10-6-1-2-8(13(15)16)7(5-6)12-9(14)3-4-11/h1-2,5H,3H2,(H,12,14). The summed E-state index contributed by atoms with van der Waals surface area (Å²) in [5, 5.41) is 20.9. The Labute approximate surface area is 89.4 Å². The number of rotatable bonds is 3. The molecule has 0 unspecified atom stereocenters. The zero-order chi connectivity index (χ0) is 12.1. The number of carbonyl (C=O) groups is 1. The van der Waals surface area contributed by atoms with Crippen LogP contribution in [-0.2, 0) is 4.79 Å². The van der Waals surface area contributed by atoms with Crippen molar-refractivity contribution in [1.82, 2.24) is 0 Å². The quantitative estimate of drug-likeness (QED) is 0.621. The van der Waals surface area contributed by atoms with Gasteiger partial charge in [-0.05, 0) is 6.07 Å². The molecule has 1 N–H and O–H groups in total. The van der Waals surface area contributed by atoms with Gasteiger partial charge in [-0.25, -0.2) is 4.39 Å². The number of hydrogen-bond acceptors (Lipinski definition) is 4. The van der Waals surface area contributed by atoms with Crippen LogP contribution in [0.25, 0.3) is 0 Å². The van der Waals surface area contributed by atoms with Gasteiger partial charge in [-0.1, -0.05) is 0 Å². The lowest BCUT2D eigenvalue weighted by atomic mass is 10.2. The molecule has 6 nitrogen and oxygen atoms in total. The first kappa shape index (κ1) is 11.6. The maximum absolute atomic E-state index is 12.8. The first-order chi connectivity index (χ1) is 7.54. The number of carbonyl (C=O) groups excluding carboxylic acids is 1. The van der Waals surface area contributed by atoms with E-state index >= 15 is 0 Å². The third-order valence-corrected chi connectivity index (χ3v) is 1.67. The molecule has 1 amide bonds. The Bertz CT molecular complexity index is 481. The van der Waals surface area contributed by atoms with Gasteiger partial charge < -0.3 is 5.32 Å². The Kier molecular flexibility index (Phi) is 3.50. The highest BCUT2D eigenvalue weighted by Crippen LogP contribution is 2.24. The van der Waals surface area contributed by atoms with Gasteiger partial charge in [0.25, 0.3) is 5.69 Å². The second-order valence-electron chi connectivity index (χ2n) is 2.80. The molecule has 82 valence electrons.